The molecule has 1 aromatic heterocycles. The maximum atomic E-state index is 13.5. The Morgan fingerprint density at radius 1 is 1.36 bits per heavy atom. The van der Waals surface area contributed by atoms with Crippen molar-refractivity contribution in [3.63, 3.8) is 0 Å². The molecule has 3 heteroatoms. The van der Waals surface area contributed by atoms with Crippen LogP contribution in [0.25, 0.3) is 10.9 Å². The van der Waals surface area contributed by atoms with E-state index in [1.807, 2.05) is 23.9 Å². The first kappa shape index (κ1) is 9.21. The Bertz CT molecular complexity index is 460. The topological polar surface area (TPSA) is 30.9 Å². The molecule has 2 N–H and O–H groups in total. The highest BCUT2D eigenvalue weighted by molar-refractivity contribution is 5.83. The molecule has 0 saturated heterocycles. The molecular formula is C11H13FN2. The highest BCUT2D eigenvalue weighted by atomic mass is 19.1. The van der Waals surface area contributed by atoms with Crippen molar-refractivity contribution in [3.05, 3.63) is 35.8 Å². The summed E-state index contributed by atoms with van der Waals surface area (Å²) in [7, 11) is 1.95. The summed E-state index contributed by atoms with van der Waals surface area (Å²) in [5.74, 6) is -0.158. The fraction of sp³-hybridized carbons (Fsp3) is 0.273. The summed E-state index contributed by atoms with van der Waals surface area (Å²) in [4.78, 5) is 0. The lowest BCUT2D eigenvalue weighted by atomic mass is 10.1. The number of halogens is 1. The molecule has 0 atom stereocenters. The molecule has 0 saturated carbocycles. The third-order valence-corrected chi connectivity index (χ3v) is 2.52. The van der Waals surface area contributed by atoms with Gasteiger partial charge in [0.2, 0.25) is 0 Å². The van der Waals surface area contributed by atoms with E-state index in [1.165, 1.54) is 6.07 Å². The van der Waals surface area contributed by atoms with Gasteiger partial charge in [0.05, 0.1) is 0 Å². The van der Waals surface area contributed by atoms with Gasteiger partial charge in [-0.3, -0.25) is 0 Å². The molecule has 74 valence electrons. The van der Waals surface area contributed by atoms with Gasteiger partial charge in [-0.2, -0.15) is 0 Å². The molecule has 0 unspecified atom stereocenters. The molecule has 1 aromatic carbocycles. The summed E-state index contributed by atoms with van der Waals surface area (Å²) in [6.45, 7) is 0.477. The molecule has 0 fully saturated rings. The van der Waals surface area contributed by atoms with E-state index in [0.717, 1.165) is 16.5 Å². The van der Waals surface area contributed by atoms with Crippen LogP contribution in [0.3, 0.4) is 0 Å². The molecule has 14 heavy (non-hydrogen) atoms. The molecule has 0 aliphatic rings. The first-order valence-corrected chi connectivity index (χ1v) is 4.66. The third kappa shape index (κ3) is 1.30. The van der Waals surface area contributed by atoms with Crippen LogP contribution in [-0.2, 0) is 13.5 Å². The smallest absolute Gasteiger partial charge is 0.127 e. The van der Waals surface area contributed by atoms with Crippen LogP contribution in [0.4, 0.5) is 4.39 Å². The summed E-state index contributed by atoms with van der Waals surface area (Å²) in [5.41, 5.74) is 7.23. The highest BCUT2D eigenvalue weighted by Gasteiger charge is 2.08. The van der Waals surface area contributed by atoms with Gasteiger partial charge in [0.25, 0.3) is 0 Å². The van der Waals surface area contributed by atoms with E-state index in [0.29, 0.717) is 13.0 Å². The molecule has 0 spiro atoms. The molecule has 0 aliphatic heterocycles. The Morgan fingerprint density at radius 3 is 2.86 bits per heavy atom. The second-order valence-corrected chi connectivity index (χ2v) is 3.42. The van der Waals surface area contributed by atoms with E-state index >= 15 is 0 Å². The lowest BCUT2D eigenvalue weighted by Gasteiger charge is -2.04. The van der Waals surface area contributed by atoms with Crippen molar-refractivity contribution in [3.8, 4) is 0 Å². The van der Waals surface area contributed by atoms with Gasteiger partial charge in [0.1, 0.15) is 5.82 Å². The number of rotatable bonds is 2. The maximum Gasteiger partial charge on any atom is 0.127 e. The monoisotopic (exact) mass is 192 g/mol. The minimum Gasteiger partial charge on any atom is -0.351 e. The molecule has 0 bridgehead atoms. The summed E-state index contributed by atoms with van der Waals surface area (Å²) >= 11 is 0. The molecule has 2 aromatic rings. The first-order chi connectivity index (χ1) is 6.74. The zero-order chi connectivity index (χ0) is 10.1. The van der Waals surface area contributed by atoms with Crippen LogP contribution in [-0.4, -0.2) is 11.1 Å². The number of hydrogen-bond acceptors (Lipinski definition) is 1. The van der Waals surface area contributed by atoms with Gasteiger partial charge in [-0.15, -0.1) is 0 Å². The third-order valence-electron chi connectivity index (χ3n) is 2.52. The number of hydrogen-bond donors (Lipinski definition) is 1. The van der Waals surface area contributed by atoms with Crippen molar-refractivity contribution in [2.24, 2.45) is 12.8 Å². The Morgan fingerprint density at radius 2 is 2.14 bits per heavy atom. The van der Waals surface area contributed by atoms with Gasteiger partial charge in [-0.1, -0.05) is 0 Å². The molecule has 1 heterocycles. The number of fused-ring (bicyclic) bond motifs is 1. The average molecular weight is 192 g/mol. The average Bonchev–Trinajstić information content (AvgIpc) is 2.53. The quantitative estimate of drug-likeness (QED) is 0.773. The highest BCUT2D eigenvalue weighted by Crippen LogP contribution is 2.22. The van der Waals surface area contributed by atoms with Crippen LogP contribution >= 0.6 is 0 Å². The minimum absolute atomic E-state index is 0.158. The van der Waals surface area contributed by atoms with Crippen LogP contribution in [0.1, 0.15) is 5.56 Å². The van der Waals surface area contributed by atoms with Crippen molar-refractivity contribution in [1.82, 2.24) is 4.57 Å². The normalized spacial score (nSPS) is 11.1. The molecule has 2 rings (SSSR count). The Hall–Kier alpha value is -1.35. The number of nitrogens with two attached hydrogens (primary N) is 1. The van der Waals surface area contributed by atoms with Gasteiger partial charge in [-0.05, 0) is 36.7 Å². The molecule has 0 radical (unpaired) electrons. The van der Waals surface area contributed by atoms with Crippen LogP contribution in [0.15, 0.2) is 24.4 Å². The van der Waals surface area contributed by atoms with Crippen LogP contribution in [0.5, 0.6) is 0 Å². The zero-order valence-corrected chi connectivity index (χ0v) is 8.13. The summed E-state index contributed by atoms with van der Waals surface area (Å²) in [6, 6.07) is 5.24. The van der Waals surface area contributed by atoms with E-state index in [4.69, 9.17) is 5.73 Å². The number of aromatic nitrogens is 1. The lowest BCUT2D eigenvalue weighted by molar-refractivity contribution is 0.612. The minimum atomic E-state index is -0.158. The first-order valence-electron chi connectivity index (χ1n) is 4.66. The number of nitrogens with zero attached hydrogens (tertiary/aromatic N) is 1. The van der Waals surface area contributed by atoms with Crippen molar-refractivity contribution in [2.75, 3.05) is 6.54 Å². The van der Waals surface area contributed by atoms with E-state index < -0.39 is 0 Å². The zero-order valence-electron chi connectivity index (χ0n) is 8.13. The van der Waals surface area contributed by atoms with Gasteiger partial charge >= 0.3 is 0 Å². The van der Waals surface area contributed by atoms with Crippen molar-refractivity contribution in [1.29, 1.82) is 0 Å². The summed E-state index contributed by atoms with van der Waals surface area (Å²) in [5, 5.41) is 0.970. The summed E-state index contributed by atoms with van der Waals surface area (Å²) in [6.07, 6.45) is 2.53. The van der Waals surface area contributed by atoms with E-state index in [-0.39, 0.29) is 5.82 Å². The fourth-order valence-corrected chi connectivity index (χ4v) is 1.78. The molecule has 2 nitrogen and oxygen atoms in total. The molecule has 0 amide bonds. The Kier molecular flexibility index (Phi) is 2.25. The van der Waals surface area contributed by atoms with Crippen molar-refractivity contribution in [2.45, 2.75) is 6.42 Å². The SMILES string of the molecule is Cn1ccc2c(CCN)c(F)ccc21. The van der Waals surface area contributed by atoms with Crippen LogP contribution < -0.4 is 5.73 Å². The molecular weight excluding hydrogens is 179 g/mol. The summed E-state index contributed by atoms with van der Waals surface area (Å²) < 4.78 is 15.4. The van der Waals surface area contributed by atoms with Crippen LogP contribution in [0.2, 0.25) is 0 Å². The predicted octanol–water partition coefficient (Wildman–Crippen LogP) is 1.82. The number of aryl methyl sites for hydroxylation is 1. The standard InChI is InChI=1S/C11H13FN2/c1-14-7-5-9-8(4-6-13)10(12)2-3-11(9)14/h2-3,5,7H,4,6,13H2,1H3. The van der Waals surface area contributed by atoms with E-state index in [1.54, 1.807) is 6.07 Å². The lowest BCUT2D eigenvalue weighted by Crippen LogP contribution is -2.05. The fourth-order valence-electron chi connectivity index (χ4n) is 1.78. The maximum absolute atomic E-state index is 13.5. The van der Waals surface area contributed by atoms with Gasteiger partial charge in [-0.25, -0.2) is 4.39 Å². The second kappa shape index (κ2) is 3.42. The largest absolute Gasteiger partial charge is 0.351 e. The number of benzene rings is 1. The van der Waals surface area contributed by atoms with Gasteiger partial charge in [0, 0.05) is 24.1 Å². The Balaban J connectivity index is 2.70. The van der Waals surface area contributed by atoms with Crippen molar-refractivity contribution < 1.29 is 4.39 Å². The second-order valence-electron chi connectivity index (χ2n) is 3.42. The van der Waals surface area contributed by atoms with E-state index in [2.05, 4.69) is 0 Å². The van der Waals surface area contributed by atoms with Gasteiger partial charge < -0.3 is 10.3 Å². The van der Waals surface area contributed by atoms with Crippen molar-refractivity contribution >= 4 is 10.9 Å². The van der Waals surface area contributed by atoms with Crippen LogP contribution in [0, 0.1) is 5.82 Å². The van der Waals surface area contributed by atoms with Gasteiger partial charge in [0.15, 0.2) is 0 Å². The predicted molar refractivity (Wildman–Crippen MR) is 55.6 cm³/mol. The molecule has 0 aliphatic carbocycles. The Labute approximate surface area is 82.1 Å². The van der Waals surface area contributed by atoms with E-state index in [9.17, 15) is 4.39 Å².